The van der Waals surface area contributed by atoms with Crippen LogP contribution in [0.2, 0.25) is 0 Å². The fraction of sp³-hybridized carbons (Fsp3) is 0. The number of carbonyl (C=O) groups is 1. The summed E-state index contributed by atoms with van der Waals surface area (Å²) >= 11 is 1.24. The molecular weight excluding hydrogens is 262 g/mol. The molecule has 1 N–H and O–H groups in total. The zero-order valence-electron chi connectivity index (χ0n) is 9.74. The van der Waals surface area contributed by atoms with Gasteiger partial charge in [-0.2, -0.15) is 0 Å². The molecule has 5 heteroatoms. The maximum absolute atomic E-state index is 10.9. The van der Waals surface area contributed by atoms with Crippen LogP contribution in [0.3, 0.4) is 0 Å². The van der Waals surface area contributed by atoms with Crippen LogP contribution in [0.4, 0.5) is 0 Å². The second-order valence-corrected chi connectivity index (χ2v) is 4.94. The number of carboxylic acid groups (broad SMARTS) is 1. The molecule has 19 heavy (non-hydrogen) atoms. The van der Waals surface area contributed by atoms with Crippen molar-refractivity contribution in [2.24, 2.45) is 0 Å². The third-order valence-corrected chi connectivity index (χ3v) is 3.78. The minimum Gasteiger partial charge on any atom is -0.477 e. The molecule has 0 atom stereocenters. The van der Waals surface area contributed by atoms with Crippen LogP contribution in [-0.4, -0.2) is 16.1 Å². The average Bonchev–Trinajstić information content (AvgIpc) is 3.10. The van der Waals surface area contributed by atoms with Gasteiger partial charge >= 0.3 is 5.97 Å². The van der Waals surface area contributed by atoms with E-state index in [0.717, 1.165) is 16.0 Å². The van der Waals surface area contributed by atoms with E-state index in [1.807, 2.05) is 24.3 Å². The molecule has 0 fully saturated rings. The van der Waals surface area contributed by atoms with Gasteiger partial charge in [-0.05, 0) is 18.2 Å². The first kappa shape index (κ1) is 11.7. The summed E-state index contributed by atoms with van der Waals surface area (Å²) in [7, 11) is 0. The Morgan fingerprint density at radius 2 is 1.95 bits per heavy atom. The van der Waals surface area contributed by atoms with Gasteiger partial charge in [-0.15, -0.1) is 11.3 Å². The van der Waals surface area contributed by atoms with E-state index < -0.39 is 5.97 Å². The first-order chi connectivity index (χ1) is 9.25. The Morgan fingerprint density at radius 1 is 1.16 bits per heavy atom. The Balaban J connectivity index is 2.12. The molecule has 94 valence electrons. The van der Waals surface area contributed by atoms with Crippen LogP contribution < -0.4 is 0 Å². The molecule has 2 heterocycles. The normalized spacial score (nSPS) is 10.5. The van der Waals surface area contributed by atoms with Crippen LogP contribution in [0.1, 0.15) is 9.67 Å². The highest BCUT2D eigenvalue weighted by Crippen LogP contribution is 2.35. The maximum atomic E-state index is 10.9. The van der Waals surface area contributed by atoms with E-state index >= 15 is 0 Å². The number of nitrogens with zero attached hydrogens (tertiary/aromatic N) is 1. The minimum atomic E-state index is -0.912. The summed E-state index contributed by atoms with van der Waals surface area (Å²) in [6, 6.07) is 11.0. The maximum Gasteiger partial charge on any atom is 0.345 e. The lowest BCUT2D eigenvalue weighted by atomic mass is 10.1. The van der Waals surface area contributed by atoms with Crippen molar-refractivity contribution >= 4 is 17.3 Å². The van der Waals surface area contributed by atoms with Gasteiger partial charge in [-0.1, -0.05) is 18.2 Å². The van der Waals surface area contributed by atoms with Gasteiger partial charge in [0.15, 0.2) is 0 Å². The number of hydrogen-bond acceptors (Lipinski definition) is 4. The monoisotopic (exact) mass is 271 g/mol. The molecule has 4 nitrogen and oxygen atoms in total. The molecule has 0 spiro atoms. The topological polar surface area (TPSA) is 63.3 Å². The van der Waals surface area contributed by atoms with Crippen molar-refractivity contribution in [2.75, 3.05) is 0 Å². The van der Waals surface area contributed by atoms with Crippen molar-refractivity contribution in [3.8, 4) is 21.9 Å². The zero-order valence-corrected chi connectivity index (χ0v) is 10.6. The Kier molecular flexibility index (Phi) is 2.89. The van der Waals surface area contributed by atoms with Gasteiger partial charge in [0.05, 0.1) is 6.20 Å². The lowest BCUT2D eigenvalue weighted by Gasteiger charge is -2.03. The summed E-state index contributed by atoms with van der Waals surface area (Å²) in [5.41, 5.74) is 1.77. The van der Waals surface area contributed by atoms with Crippen LogP contribution >= 0.6 is 11.3 Å². The Morgan fingerprint density at radius 3 is 2.58 bits per heavy atom. The lowest BCUT2D eigenvalue weighted by molar-refractivity contribution is 0.0702. The molecule has 0 aliphatic carbocycles. The van der Waals surface area contributed by atoms with Crippen LogP contribution in [0.25, 0.3) is 21.9 Å². The van der Waals surface area contributed by atoms with E-state index in [1.54, 1.807) is 18.3 Å². The van der Waals surface area contributed by atoms with Crippen LogP contribution in [0.5, 0.6) is 0 Å². The molecule has 1 aromatic carbocycles. The van der Waals surface area contributed by atoms with Crippen molar-refractivity contribution in [3.05, 3.63) is 53.7 Å². The molecule has 0 bridgehead atoms. The summed E-state index contributed by atoms with van der Waals surface area (Å²) in [5, 5.41) is 8.98. The van der Waals surface area contributed by atoms with Gasteiger partial charge in [-0.3, -0.25) is 0 Å². The third-order valence-electron chi connectivity index (χ3n) is 2.67. The second-order valence-electron chi connectivity index (χ2n) is 3.85. The van der Waals surface area contributed by atoms with E-state index in [0.29, 0.717) is 10.8 Å². The Labute approximate surface area is 113 Å². The van der Waals surface area contributed by atoms with E-state index in [-0.39, 0.29) is 0 Å². The molecule has 0 aliphatic rings. The standard InChI is InChI=1S/C14H9NO3S/c16-14(17)12-6-5-11(19-12)9-3-1-2-4-10(9)13-15-7-8-18-13/h1-8H,(H,16,17). The summed E-state index contributed by atoms with van der Waals surface area (Å²) in [4.78, 5) is 16.3. The molecule has 0 unspecified atom stereocenters. The number of carboxylic acids is 1. The molecule has 0 saturated heterocycles. The predicted molar refractivity (Wildman–Crippen MR) is 72.2 cm³/mol. The fourth-order valence-electron chi connectivity index (χ4n) is 1.84. The Hall–Kier alpha value is -2.40. The molecule has 0 aliphatic heterocycles. The number of aromatic carboxylic acids is 1. The number of rotatable bonds is 3. The average molecular weight is 271 g/mol. The number of benzene rings is 1. The van der Waals surface area contributed by atoms with Gasteiger partial charge in [0.25, 0.3) is 0 Å². The minimum absolute atomic E-state index is 0.317. The summed E-state index contributed by atoms with van der Waals surface area (Å²) in [6.07, 6.45) is 3.10. The first-order valence-electron chi connectivity index (χ1n) is 5.58. The van der Waals surface area contributed by atoms with Crippen molar-refractivity contribution < 1.29 is 14.3 Å². The number of aromatic nitrogens is 1. The quantitative estimate of drug-likeness (QED) is 0.787. The summed E-state index contributed by atoms with van der Waals surface area (Å²) in [6.45, 7) is 0. The van der Waals surface area contributed by atoms with E-state index in [2.05, 4.69) is 4.98 Å². The highest BCUT2D eigenvalue weighted by molar-refractivity contribution is 7.17. The van der Waals surface area contributed by atoms with Gasteiger partial charge in [-0.25, -0.2) is 9.78 Å². The fourth-order valence-corrected chi connectivity index (χ4v) is 2.72. The van der Waals surface area contributed by atoms with Gasteiger partial charge in [0.2, 0.25) is 5.89 Å². The lowest BCUT2D eigenvalue weighted by Crippen LogP contribution is -1.89. The van der Waals surface area contributed by atoms with E-state index in [1.165, 1.54) is 17.6 Å². The smallest absolute Gasteiger partial charge is 0.345 e. The molecular formula is C14H9NO3S. The molecule has 3 rings (SSSR count). The number of hydrogen-bond donors (Lipinski definition) is 1. The summed E-state index contributed by atoms with van der Waals surface area (Å²) < 4.78 is 5.31. The van der Waals surface area contributed by atoms with E-state index in [9.17, 15) is 4.79 Å². The SMILES string of the molecule is O=C(O)c1ccc(-c2ccccc2-c2ncco2)s1. The van der Waals surface area contributed by atoms with Crippen molar-refractivity contribution in [1.29, 1.82) is 0 Å². The molecule has 0 amide bonds. The van der Waals surface area contributed by atoms with Crippen LogP contribution in [0, 0.1) is 0 Å². The highest BCUT2D eigenvalue weighted by atomic mass is 32.1. The first-order valence-corrected chi connectivity index (χ1v) is 6.40. The van der Waals surface area contributed by atoms with Gasteiger partial charge < -0.3 is 9.52 Å². The van der Waals surface area contributed by atoms with Crippen LogP contribution in [0.15, 0.2) is 53.3 Å². The second kappa shape index (κ2) is 4.70. The van der Waals surface area contributed by atoms with Gasteiger partial charge in [0, 0.05) is 16.0 Å². The van der Waals surface area contributed by atoms with E-state index in [4.69, 9.17) is 9.52 Å². The Bertz CT molecular complexity index is 716. The van der Waals surface area contributed by atoms with Gasteiger partial charge in [0.1, 0.15) is 11.1 Å². The number of oxazole rings is 1. The predicted octanol–water partition coefficient (Wildman–Crippen LogP) is 3.77. The number of thiophene rings is 1. The van der Waals surface area contributed by atoms with Crippen molar-refractivity contribution in [3.63, 3.8) is 0 Å². The molecule has 0 saturated carbocycles. The van der Waals surface area contributed by atoms with Crippen LogP contribution in [-0.2, 0) is 0 Å². The molecule has 3 aromatic rings. The summed E-state index contributed by atoms with van der Waals surface area (Å²) in [5.74, 6) is -0.384. The molecule has 0 radical (unpaired) electrons. The zero-order chi connectivity index (χ0) is 13.2. The highest BCUT2D eigenvalue weighted by Gasteiger charge is 2.14. The van der Waals surface area contributed by atoms with Crippen molar-refractivity contribution in [2.45, 2.75) is 0 Å². The molecule has 2 aromatic heterocycles. The van der Waals surface area contributed by atoms with Crippen molar-refractivity contribution in [1.82, 2.24) is 4.98 Å². The largest absolute Gasteiger partial charge is 0.477 e. The third kappa shape index (κ3) is 2.15.